The average Bonchev–Trinajstić information content (AvgIpc) is 2.78. The number of allylic oxidation sites excluding steroid dienone is 2. The highest BCUT2D eigenvalue weighted by molar-refractivity contribution is 7.89. The van der Waals surface area contributed by atoms with E-state index >= 15 is 0 Å². The molecule has 1 saturated heterocycles. The van der Waals surface area contributed by atoms with Crippen LogP contribution in [0.5, 0.6) is 0 Å². The highest BCUT2D eigenvalue weighted by Crippen LogP contribution is 2.31. The van der Waals surface area contributed by atoms with Crippen LogP contribution >= 0.6 is 11.6 Å². The molecule has 0 aromatic heterocycles. The lowest BCUT2D eigenvalue weighted by molar-refractivity contribution is -0.114. The summed E-state index contributed by atoms with van der Waals surface area (Å²) in [6.07, 6.45) is 0. The number of hydrogen-bond acceptors (Lipinski definition) is 6. The topological polar surface area (TPSA) is 104 Å². The number of fused-ring (bicyclic) bond motifs is 1. The Morgan fingerprint density at radius 3 is 2.03 bits per heavy atom. The van der Waals surface area contributed by atoms with Crippen molar-refractivity contribution in [2.45, 2.75) is 11.8 Å². The summed E-state index contributed by atoms with van der Waals surface area (Å²) >= 11 is 6.27. The van der Waals surface area contributed by atoms with E-state index in [9.17, 15) is 22.8 Å². The van der Waals surface area contributed by atoms with E-state index in [1.807, 2.05) is 0 Å². The van der Waals surface area contributed by atoms with Gasteiger partial charge in [-0.2, -0.15) is 4.31 Å². The van der Waals surface area contributed by atoms with Crippen LogP contribution in [0.1, 0.15) is 27.6 Å². The van der Waals surface area contributed by atoms with E-state index in [2.05, 4.69) is 5.32 Å². The van der Waals surface area contributed by atoms with Crippen LogP contribution in [-0.4, -0.2) is 61.3 Å². The quantitative estimate of drug-likeness (QED) is 0.731. The number of ketones is 2. The Bertz CT molecular complexity index is 1250. The molecule has 0 atom stereocenters. The van der Waals surface area contributed by atoms with Crippen molar-refractivity contribution in [3.8, 4) is 0 Å². The van der Waals surface area contributed by atoms with Crippen LogP contribution in [-0.2, 0) is 14.8 Å². The van der Waals surface area contributed by atoms with Gasteiger partial charge in [-0.15, -0.1) is 0 Å². The summed E-state index contributed by atoms with van der Waals surface area (Å²) in [6.45, 7) is 2.07. The Labute approximate surface area is 190 Å². The lowest BCUT2D eigenvalue weighted by Gasteiger charge is -2.37. The number of carbonyl (C=O) groups is 3. The smallest absolute Gasteiger partial charge is 0.243 e. The standard InChI is InChI=1S/C22H20ClN3O5S/c1-14(27)24-15-6-8-16(9-7-15)32(30,31)26-12-10-25(11-13-26)20-19(23)21(28)17-4-2-3-5-18(17)22(20)29/h2-9H,10-13H2,1H3,(H,24,27). The van der Waals surface area contributed by atoms with Crippen LogP contribution in [0.25, 0.3) is 0 Å². The molecule has 2 aromatic carbocycles. The first-order valence-corrected chi connectivity index (χ1v) is 11.7. The number of piperazine rings is 1. The number of sulfonamides is 1. The molecule has 1 heterocycles. The number of nitrogens with zero attached hydrogens (tertiary/aromatic N) is 2. The summed E-state index contributed by atoms with van der Waals surface area (Å²) in [7, 11) is -3.75. The highest BCUT2D eigenvalue weighted by atomic mass is 35.5. The van der Waals surface area contributed by atoms with E-state index < -0.39 is 15.8 Å². The molecular formula is C22H20ClN3O5S. The maximum atomic E-state index is 13.0. The number of Topliss-reactive ketones (excluding diaryl/α,β-unsaturated/α-hetero) is 2. The van der Waals surface area contributed by atoms with Crippen molar-refractivity contribution < 1.29 is 22.8 Å². The third-order valence-electron chi connectivity index (χ3n) is 5.41. The Morgan fingerprint density at radius 1 is 0.906 bits per heavy atom. The summed E-state index contributed by atoms with van der Waals surface area (Å²) in [5.41, 5.74) is 1.19. The zero-order valence-corrected chi connectivity index (χ0v) is 18.7. The second kappa shape index (κ2) is 8.50. The van der Waals surface area contributed by atoms with Gasteiger partial charge in [-0.1, -0.05) is 35.9 Å². The largest absolute Gasteiger partial charge is 0.364 e. The molecule has 1 aliphatic heterocycles. The number of amides is 1. The van der Waals surface area contributed by atoms with Crippen molar-refractivity contribution in [2.24, 2.45) is 0 Å². The maximum Gasteiger partial charge on any atom is 0.243 e. The van der Waals surface area contributed by atoms with Gasteiger partial charge in [0.2, 0.25) is 27.5 Å². The zero-order chi connectivity index (χ0) is 23.0. The van der Waals surface area contributed by atoms with Crippen molar-refractivity contribution in [3.05, 3.63) is 70.4 Å². The first-order chi connectivity index (χ1) is 15.2. The number of benzene rings is 2. The zero-order valence-electron chi connectivity index (χ0n) is 17.2. The summed E-state index contributed by atoms with van der Waals surface area (Å²) in [5, 5.41) is 2.45. The van der Waals surface area contributed by atoms with Crippen molar-refractivity contribution in [1.29, 1.82) is 0 Å². The summed E-state index contributed by atoms with van der Waals surface area (Å²) in [5.74, 6) is -0.996. The SMILES string of the molecule is CC(=O)Nc1ccc(S(=O)(=O)N2CCN(C3=C(Cl)C(=O)c4ccccc4C3=O)CC2)cc1. The van der Waals surface area contributed by atoms with E-state index in [1.165, 1.54) is 35.5 Å². The van der Waals surface area contributed by atoms with E-state index in [0.29, 0.717) is 11.3 Å². The minimum absolute atomic E-state index is 0.107. The van der Waals surface area contributed by atoms with Crippen LogP contribution < -0.4 is 5.32 Å². The molecule has 0 unspecified atom stereocenters. The molecule has 0 radical (unpaired) electrons. The summed E-state index contributed by atoms with van der Waals surface area (Å²) in [6, 6.07) is 12.4. The van der Waals surface area contributed by atoms with Crippen LogP contribution in [0.4, 0.5) is 5.69 Å². The molecule has 0 spiro atoms. The minimum Gasteiger partial charge on any atom is -0.364 e. The molecule has 0 bridgehead atoms. The lowest BCUT2D eigenvalue weighted by Crippen LogP contribution is -2.49. The lowest BCUT2D eigenvalue weighted by atomic mass is 9.91. The summed E-state index contributed by atoms with van der Waals surface area (Å²) < 4.78 is 27.3. The fourth-order valence-electron chi connectivity index (χ4n) is 3.83. The number of nitrogens with one attached hydrogen (secondary N) is 1. The number of carbonyl (C=O) groups excluding carboxylic acids is 3. The van der Waals surface area contributed by atoms with Crippen molar-refractivity contribution in [3.63, 3.8) is 0 Å². The van der Waals surface area contributed by atoms with Gasteiger partial charge in [-0.05, 0) is 24.3 Å². The second-order valence-corrected chi connectivity index (χ2v) is 9.78. The van der Waals surface area contributed by atoms with Gasteiger partial charge in [0.1, 0.15) is 10.7 Å². The van der Waals surface area contributed by atoms with Gasteiger partial charge in [0.05, 0.1) is 4.90 Å². The van der Waals surface area contributed by atoms with Crippen LogP contribution in [0.15, 0.2) is 64.2 Å². The van der Waals surface area contributed by atoms with Gasteiger partial charge in [-0.3, -0.25) is 14.4 Å². The third-order valence-corrected chi connectivity index (χ3v) is 7.67. The molecule has 2 aromatic rings. The predicted molar refractivity (Wildman–Crippen MR) is 119 cm³/mol. The highest BCUT2D eigenvalue weighted by Gasteiger charge is 2.37. The van der Waals surface area contributed by atoms with Gasteiger partial charge in [0.15, 0.2) is 0 Å². The molecule has 1 aliphatic carbocycles. The van der Waals surface area contributed by atoms with Gasteiger partial charge in [-0.25, -0.2) is 8.42 Å². The first kappa shape index (κ1) is 22.2. The van der Waals surface area contributed by atoms with Crippen molar-refractivity contribution >= 4 is 44.8 Å². The molecule has 8 nitrogen and oxygen atoms in total. The Balaban J connectivity index is 1.50. The monoisotopic (exact) mass is 473 g/mol. The number of rotatable bonds is 4. The van der Waals surface area contributed by atoms with E-state index in [4.69, 9.17) is 11.6 Å². The van der Waals surface area contributed by atoms with Gasteiger partial charge in [0.25, 0.3) is 0 Å². The molecule has 2 aliphatic rings. The second-order valence-electron chi connectivity index (χ2n) is 7.46. The minimum atomic E-state index is -3.75. The Hall–Kier alpha value is -3.01. The van der Waals surface area contributed by atoms with Crippen LogP contribution in [0, 0.1) is 0 Å². The molecule has 10 heteroatoms. The Morgan fingerprint density at radius 2 is 1.47 bits per heavy atom. The van der Waals surface area contributed by atoms with Gasteiger partial charge in [0, 0.05) is 49.9 Å². The van der Waals surface area contributed by atoms with Crippen molar-refractivity contribution in [1.82, 2.24) is 9.21 Å². The van der Waals surface area contributed by atoms with Crippen LogP contribution in [0.3, 0.4) is 0 Å². The van der Waals surface area contributed by atoms with Gasteiger partial charge >= 0.3 is 0 Å². The molecule has 1 N–H and O–H groups in total. The molecule has 4 rings (SSSR count). The maximum absolute atomic E-state index is 13.0. The van der Waals surface area contributed by atoms with E-state index in [-0.39, 0.29) is 59.1 Å². The van der Waals surface area contributed by atoms with E-state index in [1.54, 1.807) is 29.2 Å². The fraction of sp³-hybridized carbons (Fsp3) is 0.227. The normalized spacial score (nSPS) is 17.4. The third kappa shape index (κ3) is 3.94. The molecule has 1 amide bonds. The number of anilines is 1. The summed E-state index contributed by atoms with van der Waals surface area (Å²) in [4.78, 5) is 38.5. The predicted octanol–water partition coefficient (Wildman–Crippen LogP) is 2.48. The molecule has 32 heavy (non-hydrogen) atoms. The molecule has 0 saturated carbocycles. The van der Waals surface area contributed by atoms with Crippen molar-refractivity contribution in [2.75, 3.05) is 31.5 Å². The average molecular weight is 474 g/mol. The fourth-order valence-corrected chi connectivity index (χ4v) is 5.56. The molecule has 166 valence electrons. The molecule has 1 fully saturated rings. The first-order valence-electron chi connectivity index (χ1n) is 9.91. The van der Waals surface area contributed by atoms with Gasteiger partial charge < -0.3 is 10.2 Å². The number of halogens is 1. The van der Waals surface area contributed by atoms with Crippen LogP contribution in [0.2, 0.25) is 0 Å². The number of hydrogen-bond donors (Lipinski definition) is 1. The Kier molecular flexibility index (Phi) is 5.89. The molecular weight excluding hydrogens is 454 g/mol. The van der Waals surface area contributed by atoms with E-state index in [0.717, 1.165) is 0 Å².